The number of nitrogens with one attached hydrogen (secondary N) is 1. The van der Waals surface area contributed by atoms with Crippen LogP contribution in [0.2, 0.25) is 0 Å². The van der Waals surface area contributed by atoms with Gasteiger partial charge in [-0.25, -0.2) is 4.98 Å². The van der Waals surface area contributed by atoms with Crippen molar-refractivity contribution in [3.8, 4) is 0 Å². The first kappa shape index (κ1) is 10.1. The van der Waals surface area contributed by atoms with Crippen LogP contribution in [0.1, 0.15) is 43.5 Å². The summed E-state index contributed by atoms with van der Waals surface area (Å²) in [6, 6.07) is 0.553. The van der Waals surface area contributed by atoms with Crippen LogP contribution in [-0.4, -0.2) is 11.0 Å². The van der Waals surface area contributed by atoms with Gasteiger partial charge < -0.3 is 5.32 Å². The lowest BCUT2D eigenvalue weighted by molar-refractivity contribution is 0.593. The summed E-state index contributed by atoms with van der Waals surface area (Å²) in [4.78, 5) is 5.87. The van der Waals surface area contributed by atoms with E-state index in [0.717, 1.165) is 6.54 Å². The van der Waals surface area contributed by atoms with Crippen molar-refractivity contribution >= 4 is 11.3 Å². The van der Waals surface area contributed by atoms with Crippen molar-refractivity contribution in [2.24, 2.45) is 0 Å². The lowest BCUT2D eigenvalue weighted by atomic mass is 10.2. The molecule has 1 N–H and O–H groups in total. The molecule has 0 spiro atoms. The van der Waals surface area contributed by atoms with Gasteiger partial charge in [0.25, 0.3) is 0 Å². The summed E-state index contributed by atoms with van der Waals surface area (Å²) in [7, 11) is 0. The van der Waals surface area contributed by atoms with Crippen molar-refractivity contribution in [3.63, 3.8) is 0 Å². The number of nitrogens with zero attached hydrogens (tertiary/aromatic N) is 1. The number of rotatable bonds is 4. The van der Waals surface area contributed by atoms with E-state index in [4.69, 9.17) is 0 Å². The number of thiazole rings is 1. The highest BCUT2D eigenvalue weighted by Gasteiger charge is 2.41. The van der Waals surface area contributed by atoms with E-state index in [2.05, 4.69) is 31.1 Å². The molecule has 1 aliphatic carbocycles. The van der Waals surface area contributed by atoms with Crippen LogP contribution in [-0.2, 0) is 12.0 Å². The summed E-state index contributed by atoms with van der Waals surface area (Å²) in [5.41, 5.74) is 0.431. The molecule has 1 fully saturated rings. The molecular weight excluding hydrogens is 192 g/mol. The second-order valence-corrected chi connectivity index (χ2v) is 5.84. The number of aromatic nitrogens is 1. The maximum atomic E-state index is 4.51. The van der Waals surface area contributed by atoms with Crippen molar-refractivity contribution < 1.29 is 0 Å². The Labute approximate surface area is 89.8 Å². The topological polar surface area (TPSA) is 24.9 Å². The minimum Gasteiger partial charge on any atom is -0.310 e. The summed E-state index contributed by atoms with van der Waals surface area (Å²) in [5.74, 6) is 0. The quantitative estimate of drug-likeness (QED) is 0.826. The zero-order chi connectivity index (χ0) is 10.2. The Kier molecular flexibility index (Phi) is 2.62. The van der Waals surface area contributed by atoms with E-state index in [9.17, 15) is 0 Å². The number of hydrogen-bond acceptors (Lipinski definition) is 3. The third kappa shape index (κ3) is 2.15. The van der Waals surface area contributed by atoms with Crippen LogP contribution >= 0.6 is 11.3 Å². The first-order valence-electron chi connectivity index (χ1n) is 5.29. The third-order valence-electron chi connectivity index (χ3n) is 2.75. The lowest BCUT2D eigenvalue weighted by Crippen LogP contribution is -2.21. The first-order chi connectivity index (χ1) is 6.60. The van der Waals surface area contributed by atoms with Gasteiger partial charge in [0.2, 0.25) is 0 Å². The van der Waals surface area contributed by atoms with E-state index in [1.165, 1.54) is 22.7 Å². The van der Waals surface area contributed by atoms with Gasteiger partial charge in [-0.1, -0.05) is 20.8 Å². The van der Waals surface area contributed by atoms with Crippen molar-refractivity contribution in [1.82, 2.24) is 10.3 Å². The normalized spacial score (nSPS) is 18.9. The summed E-state index contributed by atoms with van der Waals surface area (Å²) >= 11 is 1.87. The predicted octanol–water partition coefficient (Wildman–Crippen LogP) is 2.69. The second kappa shape index (κ2) is 3.63. The van der Waals surface area contributed by atoms with Crippen LogP contribution < -0.4 is 5.32 Å². The molecule has 0 saturated heterocycles. The van der Waals surface area contributed by atoms with E-state index >= 15 is 0 Å². The minimum atomic E-state index is 0.431. The molecule has 1 aromatic rings. The van der Waals surface area contributed by atoms with Gasteiger partial charge in [-0.15, -0.1) is 11.3 Å². The number of hydrogen-bond donors (Lipinski definition) is 1. The molecule has 1 heterocycles. The maximum Gasteiger partial charge on any atom is 0.0987 e. The van der Waals surface area contributed by atoms with Crippen molar-refractivity contribution in [3.05, 3.63) is 16.1 Å². The second-order valence-electron chi connectivity index (χ2n) is 4.73. The molecule has 0 aliphatic heterocycles. The molecule has 1 aromatic heterocycles. The SMILES string of the molecule is CC(C)NCc1cnc(C2(C)CC2)s1. The van der Waals surface area contributed by atoms with Gasteiger partial charge in [-0.2, -0.15) is 0 Å². The Morgan fingerprint density at radius 1 is 1.57 bits per heavy atom. The van der Waals surface area contributed by atoms with Gasteiger partial charge in [0, 0.05) is 29.1 Å². The molecule has 1 aliphatic rings. The molecule has 0 bridgehead atoms. The summed E-state index contributed by atoms with van der Waals surface area (Å²) in [5, 5.41) is 4.75. The zero-order valence-corrected chi connectivity index (χ0v) is 9.95. The Hall–Kier alpha value is -0.410. The fourth-order valence-electron chi connectivity index (χ4n) is 1.37. The Balaban J connectivity index is 1.96. The largest absolute Gasteiger partial charge is 0.310 e. The third-order valence-corrected chi connectivity index (χ3v) is 4.06. The molecule has 0 amide bonds. The van der Waals surface area contributed by atoms with Crippen LogP contribution in [0.4, 0.5) is 0 Å². The van der Waals surface area contributed by atoms with Crippen LogP contribution in [0.15, 0.2) is 6.20 Å². The summed E-state index contributed by atoms with van der Waals surface area (Å²) < 4.78 is 0. The Morgan fingerprint density at radius 2 is 2.29 bits per heavy atom. The monoisotopic (exact) mass is 210 g/mol. The average molecular weight is 210 g/mol. The van der Waals surface area contributed by atoms with Crippen LogP contribution in [0.25, 0.3) is 0 Å². The van der Waals surface area contributed by atoms with E-state index in [1.807, 2.05) is 17.5 Å². The van der Waals surface area contributed by atoms with Crippen LogP contribution in [0, 0.1) is 0 Å². The van der Waals surface area contributed by atoms with E-state index < -0.39 is 0 Å². The van der Waals surface area contributed by atoms with Crippen molar-refractivity contribution in [2.45, 2.75) is 51.6 Å². The molecule has 3 heteroatoms. The predicted molar refractivity (Wildman–Crippen MR) is 60.7 cm³/mol. The van der Waals surface area contributed by atoms with Gasteiger partial charge in [-0.05, 0) is 12.8 Å². The Bertz CT molecular complexity index is 313. The molecule has 0 atom stereocenters. The molecule has 78 valence electrons. The van der Waals surface area contributed by atoms with Gasteiger partial charge in [0.15, 0.2) is 0 Å². The van der Waals surface area contributed by atoms with Crippen LogP contribution in [0.3, 0.4) is 0 Å². The molecular formula is C11H18N2S. The van der Waals surface area contributed by atoms with E-state index in [1.54, 1.807) is 0 Å². The molecule has 1 saturated carbocycles. The fraction of sp³-hybridized carbons (Fsp3) is 0.727. The zero-order valence-electron chi connectivity index (χ0n) is 9.13. The molecule has 0 unspecified atom stereocenters. The van der Waals surface area contributed by atoms with Gasteiger partial charge in [0.1, 0.15) is 0 Å². The van der Waals surface area contributed by atoms with E-state index in [-0.39, 0.29) is 0 Å². The fourth-order valence-corrected chi connectivity index (χ4v) is 2.44. The molecule has 2 rings (SSSR count). The molecule has 0 radical (unpaired) electrons. The minimum absolute atomic E-state index is 0.431. The maximum absolute atomic E-state index is 4.51. The highest BCUT2D eigenvalue weighted by Crippen LogP contribution is 2.48. The standard InChI is InChI=1S/C11H18N2S/c1-8(2)12-6-9-7-13-10(14-9)11(3)4-5-11/h7-8,12H,4-6H2,1-3H3. The Morgan fingerprint density at radius 3 is 2.86 bits per heavy atom. The highest BCUT2D eigenvalue weighted by molar-refractivity contribution is 7.11. The van der Waals surface area contributed by atoms with Crippen molar-refractivity contribution in [1.29, 1.82) is 0 Å². The first-order valence-corrected chi connectivity index (χ1v) is 6.10. The average Bonchev–Trinajstić information content (AvgIpc) is 2.70. The van der Waals surface area contributed by atoms with Gasteiger partial charge in [-0.3, -0.25) is 0 Å². The summed E-state index contributed by atoms with van der Waals surface area (Å²) in [6.45, 7) is 7.62. The molecule has 2 nitrogen and oxygen atoms in total. The highest BCUT2D eigenvalue weighted by atomic mass is 32.1. The van der Waals surface area contributed by atoms with Gasteiger partial charge >= 0.3 is 0 Å². The molecule has 14 heavy (non-hydrogen) atoms. The smallest absolute Gasteiger partial charge is 0.0987 e. The summed E-state index contributed by atoms with van der Waals surface area (Å²) in [6.07, 6.45) is 4.66. The molecule has 0 aromatic carbocycles. The van der Waals surface area contributed by atoms with Gasteiger partial charge in [0.05, 0.1) is 5.01 Å². The lowest BCUT2D eigenvalue weighted by Gasteiger charge is -2.05. The van der Waals surface area contributed by atoms with Crippen molar-refractivity contribution in [2.75, 3.05) is 0 Å². The van der Waals surface area contributed by atoms with Crippen LogP contribution in [0.5, 0.6) is 0 Å². The van der Waals surface area contributed by atoms with E-state index in [0.29, 0.717) is 11.5 Å².